The van der Waals surface area contributed by atoms with Gasteiger partial charge in [-0.2, -0.15) is 5.26 Å². The fourth-order valence-corrected chi connectivity index (χ4v) is 2.06. The number of anilines is 1. The molecule has 1 atom stereocenters. The first-order chi connectivity index (χ1) is 11.2. The quantitative estimate of drug-likeness (QED) is 0.527. The van der Waals surface area contributed by atoms with Crippen molar-refractivity contribution in [2.45, 2.75) is 40.2 Å². The van der Waals surface area contributed by atoms with Crippen LogP contribution in [0.15, 0.2) is 30.0 Å². The van der Waals surface area contributed by atoms with Crippen molar-refractivity contribution in [1.82, 2.24) is 5.32 Å². The number of aryl methyl sites for hydroxylation is 2. The lowest BCUT2D eigenvalue weighted by Gasteiger charge is -2.16. The highest BCUT2D eigenvalue weighted by Gasteiger charge is 2.22. The summed E-state index contributed by atoms with van der Waals surface area (Å²) in [7, 11) is 0. The third kappa shape index (κ3) is 5.76. The van der Waals surface area contributed by atoms with Crippen LogP contribution in [-0.4, -0.2) is 23.0 Å². The minimum absolute atomic E-state index is 0.106. The van der Waals surface area contributed by atoms with Gasteiger partial charge in [0.1, 0.15) is 17.7 Å². The van der Waals surface area contributed by atoms with Crippen LogP contribution in [0.2, 0.25) is 0 Å². The minimum Gasteiger partial charge on any atom is -0.480 e. The average molecular weight is 329 g/mol. The summed E-state index contributed by atoms with van der Waals surface area (Å²) in [6.45, 7) is 7.68. The molecule has 1 rings (SSSR count). The van der Waals surface area contributed by atoms with E-state index in [9.17, 15) is 9.59 Å². The highest BCUT2D eigenvalue weighted by Crippen LogP contribution is 2.14. The summed E-state index contributed by atoms with van der Waals surface area (Å²) < 4.78 is 0. The summed E-state index contributed by atoms with van der Waals surface area (Å²) in [6, 6.07) is 6.44. The molecule has 1 amide bonds. The van der Waals surface area contributed by atoms with E-state index < -0.39 is 17.9 Å². The maximum absolute atomic E-state index is 12.1. The Morgan fingerprint density at radius 2 is 1.96 bits per heavy atom. The van der Waals surface area contributed by atoms with E-state index >= 15 is 0 Å². The first-order valence-electron chi connectivity index (χ1n) is 7.72. The molecule has 0 bridgehead atoms. The number of nitrogens with one attached hydrogen (secondary N) is 2. The highest BCUT2D eigenvalue weighted by atomic mass is 16.4. The number of carboxylic acids is 1. The zero-order valence-corrected chi connectivity index (χ0v) is 14.4. The predicted molar refractivity (Wildman–Crippen MR) is 92.3 cm³/mol. The van der Waals surface area contributed by atoms with Crippen LogP contribution in [0, 0.1) is 31.1 Å². The Morgan fingerprint density at radius 1 is 1.29 bits per heavy atom. The molecule has 0 saturated carbocycles. The van der Waals surface area contributed by atoms with E-state index in [1.165, 1.54) is 6.20 Å². The summed E-state index contributed by atoms with van der Waals surface area (Å²) in [5.74, 6) is -1.71. The molecular formula is C18H23N3O3. The predicted octanol–water partition coefficient (Wildman–Crippen LogP) is 2.74. The monoisotopic (exact) mass is 329 g/mol. The molecule has 6 nitrogen and oxygen atoms in total. The first kappa shape index (κ1) is 19.2. The Bertz CT molecular complexity index is 687. The molecule has 1 unspecified atom stereocenters. The Kier molecular flexibility index (Phi) is 6.99. The van der Waals surface area contributed by atoms with Crippen LogP contribution in [-0.2, 0) is 9.59 Å². The van der Waals surface area contributed by atoms with Gasteiger partial charge in [0.05, 0.1) is 0 Å². The van der Waals surface area contributed by atoms with E-state index in [1.807, 2.05) is 45.9 Å². The number of nitrogens with zero attached hydrogens (tertiary/aromatic N) is 1. The van der Waals surface area contributed by atoms with Gasteiger partial charge in [-0.25, -0.2) is 4.79 Å². The second-order valence-electron chi connectivity index (χ2n) is 6.11. The molecule has 24 heavy (non-hydrogen) atoms. The van der Waals surface area contributed by atoms with Gasteiger partial charge in [0.25, 0.3) is 5.91 Å². The van der Waals surface area contributed by atoms with Gasteiger partial charge in [0.15, 0.2) is 0 Å². The molecule has 0 radical (unpaired) electrons. The van der Waals surface area contributed by atoms with Crippen LogP contribution in [0.4, 0.5) is 5.69 Å². The number of carbonyl (C=O) groups excluding carboxylic acids is 1. The molecular weight excluding hydrogens is 306 g/mol. The van der Waals surface area contributed by atoms with E-state index in [0.717, 1.165) is 16.8 Å². The molecule has 6 heteroatoms. The summed E-state index contributed by atoms with van der Waals surface area (Å²) >= 11 is 0. The molecule has 128 valence electrons. The number of carboxylic acid groups (broad SMARTS) is 1. The largest absolute Gasteiger partial charge is 0.480 e. The van der Waals surface area contributed by atoms with E-state index in [1.54, 1.807) is 6.07 Å². The number of rotatable bonds is 7. The average Bonchev–Trinajstić information content (AvgIpc) is 2.50. The van der Waals surface area contributed by atoms with Crippen molar-refractivity contribution in [3.05, 3.63) is 41.1 Å². The van der Waals surface area contributed by atoms with E-state index in [4.69, 9.17) is 10.4 Å². The summed E-state index contributed by atoms with van der Waals surface area (Å²) in [5.41, 5.74) is 2.79. The van der Waals surface area contributed by atoms with Crippen molar-refractivity contribution < 1.29 is 14.7 Å². The van der Waals surface area contributed by atoms with Crippen LogP contribution in [0.3, 0.4) is 0 Å². The van der Waals surface area contributed by atoms with Crippen molar-refractivity contribution in [3.63, 3.8) is 0 Å². The number of carbonyl (C=O) groups is 2. The van der Waals surface area contributed by atoms with Gasteiger partial charge in [-0.1, -0.05) is 19.9 Å². The third-order valence-corrected chi connectivity index (χ3v) is 3.57. The minimum atomic E-state index is -1.11. The second kappa shape index (κ2) is 8.73. The molecule has 1 aromatic carbocycles. The van der Waals surface area contributed by atoms with Gasteiger partial charge >= 0.3 is 5.97 Å². The van der Waals surface area contributed by atoms with Gasteiger partial charge < -0.3 is 15.7 Å². The Balaban J connectivity index is 2.83. The molecule has 0 aliphatic carbocycles. The number of amides is 1. The Hall–Kier alpha value is -2.81. The fourth-order valence-electron chi connectivity index (χ4n) is 2.06. The van der Waals surface area contributed by atoms with Crippen molar-refractivity contribution >= 4 is 17.6 Å². The highest BCUT2D eigenvalue weighted by molar-refractivity contribution is 5.99. The van der Waals surface area contributed by atoms with Gasteiger partial charge in [0, 0.05) is 11.9 Å². The number of hydrogen-bond acceptors (Lipinski definition) is 4. The zero-order chi connectivity index (χ0) is 18.3. The Labute approximate surface area is 142 Å². The normalized spacial score (nSPS) is 12.4. The van der Waals surface area contributed by atoms with Crippen LogP contribution in [0.5, 0.6) is 0 Å². The van der Waals surface area contributed by atoms with Gasteiger partial charge in [-0.05, 0) is 49.4 Å². The molecule has 0 spiro atoms. The van der Waals surface area contributed by atoms with Crippen LogP contribution in [0.1, 0.15) is 31.4 Å². The van der Waals surface area contributed by atoms with Crippen LogP contribution < -0.4 is 10.6 Å². The SMILES string of the molecule is Cc1ccc(N/C=C(/C#N)C(=O)NC(CC(C)C)C(=O)O)cc1C. The molecule has 0 aliphatic rings. The van der Waals surface area contributed by atoms with Gasteiger partial charge in [-0.15, -0.1) is 0 Å². The lowest BCUT2D eigenvalue weighted by molar-refractivity contribution is -0.141. The van der Waals surface area contributed by atoms with Crippen molar-refractivity contribution in [2.24, 2.45) is 5.92 Å². The number of aliphatic carboxylic acids is 1. The van der Waals surface area contributed by atoms with Crippen molar-refractivity contribution in [1.29, 1.82) is 5.26 Å². The maximum atomic E-state index is 12.1. The van der Waals surface area contributed by atoms with Crippen LogP contribution >= 0.6 is 0 Å². The lowest BCUT2D eigenvalue weighted by atomic mass is 10.0. The molecule has 3 N–H and O–H groups in total. The van der Waals surface area contributed by atoms with Gasteiger partial charge in [0.2, 0.25) is 0 Å². The summed E-state index contributed by atoms with van der Waals surface area (Å²) in [4.78, 5) is 23.3. The second-order valence-corrected chi connectivity index (χ2v) is 6.11. The topological polar surface area (TPSA) is 102 Å². The molecule has 0 heterocycles. The summed E-state index contributed by atoms with van der Waals surface area (Å²) in [6.07, 6.45) is 1.58. The molecule has 0 fully saturated rings. The Morgan fingerprint density at radius 3 is 2.46 bits per heavy atom. The van der Waals surface area contributed by atoms with E-state index in [2.05, 4.69) is 10.6 Å². The van der Waals surface area contributed by atoms with Crippen molar-refractivity contribution in [2.75, 3.05) is 5.32 Å². The lowest BCUT2D eigenvalue weighted by Crippen LogP contribution is -2.42. The van der Waals surface area contributed by atoms with E-state index in [0.29, 0.717) is 6.42 Å². The standard InChI is InChI=1S/C18H23N3O3/c1-11(2)7-16(18(23)24)21-17(22)14(9-19)10-20-15-6-5-12(3)13(4)8-15/h5-6,8,10-11,16,20H,7H2,1-4H3,(H,21,22)(H,23,24)/b14-10-. The number of hydrogen-bond donors (Lipinski definition) is 3. The molecule has 0 saturated heterocycles. The number of nitriles is 1. The molecule has 0 aromatic heterocycles. The maximum Gasteiger partial charge on any atom is 0.326 e. The van der Waals surface area contributed by atoms with Crippen molar-refractivity contribution in [3.8, 4) is 6.07 Å². The molecule has 1 aromatic rings. The van der Waals surface area contributed by atoms with Gasteiger partial charge in [-0.3, -0.25) is 4.79 Å². The third-order valence-electron chi connectivity index (χ3n) is 3.57. The smallest absolute Gasteiger partial charge is 0.326 e. The number of benzene rings is 1. The van der Waals surface area contributed by atoms with Crippen LogP contribution in [0.25, 0.3) is 0 Å². The zero-order valence-electron chi connectivity index (χ0n) is 14.4. The summed E-state index contributed by atoms with van der Waals surface area (Å²) in [5, 5.41) is 23.6. The first-order valence-corrected chi connectivity index (χ1v) is 7.72. The fraction of sp³-hybridized carbons (Fsp3) is 0.389. The molecule has 0 aliphatic heterocycles. The van der Waals surface area contributed by atoms with E-state index in [-0.39, 0.29) is 11.5 Å².